The van der Waals surface area contributed by atoms with E-state index in [9.17, 15) is 9.59 Å². The average molecular weight is 350 g/mol. The Hall–Kier alpha value is -2.62. The highest BCUT2D eigenvalue weighted by atomic mass is 16.2. The lowest BCUT2D eigenvalue weighted by atomic mass is 10.0. The monoisotopic (exact) mass is 350 g/mol. The number of nitrogens with zero attached hydrogens (tertiary/aromatic N) is 2. The molecule has 4 nitrogen and oxygen atoms in total. The molecule has 1 aliphatic rings. The van der Waals surface area contributed by atoms with Crippen molar-refractivity contribution in [1.82, 2.24) is 9.80 Å². The first-order chi connectivity index (χ1) is 12.4. The van der Waals surface area contributed by atoms with Gasteiger partial charge < -0.3 is 9.80 Å². The van der Waals surface area contributed by atoms with Crippen molar-refractivity contribution < 1.29 is 9.59 Å². The van der Waals surface area contributed by atoms with Crippen LogP contribution in [0.3, 0.4) is 0 Å². The first kappa shape index (κ1) is 18.2. The van der Waals surface area contributed by atoms with Gasteiger partial charge >= 0.3 is 0 Å². The Labute approximate surface area is 155 Å². The van der Waals surface area contributed by atoms with E-state index in [-0.39, 0.29) is 18.4 Å². The van der Waals surface area contributed by atoms with E-state index < -0.39 is 6.04 Å². The molecular weight excluding hydrogens is 324 g/mol. The number of rotatable bonds is 5. The van der Waals surface area contributed by atoms with Gasteiger partial charge in [0.15, 0.2) is 0 Å². The fraction of sp³-hybridized carbons (Fsp3) is 0.364. The van der Waals surface area contributed by atoms with E-state index >= 15 is 0 Å². The van der Waals surface area contributed by atoms with Gasteiger partial charge in [-0.05, 0) is 38.3 Å². The van der Waals surface area contributed by atoms with Gasteiger partial charge in [-0.3, -0.25) is 9.59 Å². The Bertz CT molecular complexity index is 781. The fourth-order valence-corrected chi connectivity index (χ4v) is 3.63. The standard InChI is InChI=1S/C22H26N2O2/c1-16-11-17(2)13-20(12-16)14-24-18(3)22(26)23(15-21(24)25)10-9-19-7-5-4-6-8-19/h4-8,11-13,18H,9-10,14-15H2,1-3H3/t18-/m1/s1. The van der Waals surface area contributed by atoms with E-state index in [2.05, 4.69) is 32.0 Å². The van der Waals surface area contributed by atoms with Crippen LogP contribution in [0.2, 0.25) is 0 Å². The van der Waals surface area contributed by atoms with Gasteiger partial charge in [0, 0.05) is 13.1 Å². The molecule has 1 fully saturated rings. The number of hydrogen-bond donors (Lipinski definition) is 0. The van der Waals surface area contributed by atoms with Crippen LogP contribution in [0.25, 0.3) is 0 Å². The molecule has 26 heavy (non-hydrogen) atoms. The highest BCUT2D eigenvalue weighted by molar-refractivity contribution is 5.94. The van der Waals surface area contributed by atoms with Crippen LogP contribution in [0.15, 0.2) is 48.5 Å². The van der Waals surface area contributed by atoms with Gasteiger partial charge in [-0.1, -0.05) is 59.7 Å². The van der Waals surface area contributed by atoms with Crippen LogP contribution in [0.4, 0.5) is 0 Å². The predicted octanol–water partition coefficient (Wildman–Crippen LogP) is 3.11. The SMILES string of the molecule is Cc1cc(C)cc(CN2C(=O)CN(CCc3ccccc3)C(=O)[C@H]2C)c1. The van der Waals surface area contributed by atoms with E-state index in [4.69, 9.17) is 0 Å². The van der Waals surface area contributed by atoms with E-state index in [0.29, 0.717) is 13.1 Å². The first-order valence-corrected chi connectivity index (χ1v) is 9.13. The summed E-state index contributed by atoms with van der Waals surface area (Å²) in [7, 11) is 0. The molecule has 1 aliphatic heterocycles. The summed E-state index contributed by atoms with van der Waals surface area (Å²) in [5.41, 5.74) is 4.60. The van der Waals surface area contributed by atoms with Crippen molar-refractivity contribution in [3.05, 3.63) is 70.8 Å². The summed E-state index contributed by atoms with van der Waals surface area (Å²) < 4.78 is 0. The molecule has 2 amide bonds. The molecule has 136 valence electrons. The zero-order chi connectivity index (χ0) is 18.7. The van der Waals surface area contributed by atoms with Crippen molar-refractivity contribution in [2.24, 2.45) is 0 Å². The van der Waals surface area contributed by atoms with Crippen LogP contribution in [-0.4, -0.2) is 40.7 Å². The second-order valence-corrected chi connectivity index (χ2v) is 7.19. The quantitative estimate of drug-likeness (QED) is 0.831. The smallest absolute Gasteiger partial charge is 0.245 e. The maximum atomic E-state index is 12.8. The summed E-state index contributed by atoms with van der Waals surface area (Å²) in [6, 6.07) is 15.9. The highest BCUT2D eigenvalue weighted by Crippen LogP contribution is 2.18. The van der Waals surface area contributed by atoms with Crippen molar-refractivity contribution in [1.29, 1.82) is 0 Å². The van der Waals surface area contributed by atoms with Gasteiger partial charge in [0.05, 0.1) is 6.54 Å². The summed E-state index contributed by atoms with van der Waals surface area (Å²) in [6.07, 6.45) is 0.768. The summed E-state index contributed by atoms with van der Waals surface area (Å²) in [5.74, 6) is 0.0502. The molecule has 0 N–H and O–H groups in total. The minimum Gasteiger partial charge on any atom is -0.331 e. The Balaban J connectivity index is 1.67. The molecule has 1 saturated heterocycles. The first-order valence-electron chi connectivity index (χ1n) is 9.13. The molecule has 0 spiro atoms. The van der Waals surface area contributed by atoms with Gasteiger partial charge in [0.1, 0.15) is 6.04 Å². The third-order valence-electron chi connectivity index (χ3n) is 4.93. The number of amides is 2. The van der Waals surface area contributed by atoms with Crippen molar-refractivity contribution >= 4 is 11.8 Å². The van der Waals surface area contributed by atoms with Crippen molar-refractivity contribution in [3.8, 4) is 0 Å². The lowest BCUT2D eigenvalue weighted by Gasteiger charge is -2.39. The molecular formula is C22H26N2O2. The molecule has 0 radical (unpaired) electrons. The topological polar surface area (TPSA) is 40.6 Å². The van der Waals surface area contributed by atoms with Gasteiger partial charge in [-0.25, -0.2) is 0 Å². The minimum atomic E-state index is -0.423. The number of hydrogen-bond acceptors (Lipinski definition) is 2. The summed E-state index contributed by atoms with van der Waals surface area (Å²) >= 11 is 0. The largest absolute Gasteiger partial charge is 0.331 e. The number of benzene rings is 2. The normalized spacial score (nSPS) is 17.7. The van der Waals surface area contributed by atoms with E-state index in [1.165, 1.54) is 16.7 Å². The molecule has 0 aliphatic carbocycles. The second kappa shape index (κ2) is 7.73. The average Bonchev–Trinajstić information content (AvgIpc) is 2.61. The number of carbonyl (C=O) groups excluding carboxylic acids is 2. The Morgan fingerprint density at radius 3 is 2.27 bits per heavy atom. The Morgan fingerprint density at radius 1 is 0.962 bits per heavy atom. The summed E-state index contributed by atoms with van der Waals surface area (Å²) in [5, 5.41) is 0. The molecule has 3 rings (SSSR count). The maximum absolute atomic E-state index is 12.8. The molecule has 0 aromatic heterocycles. The van der Waals surface area contributed by atoms with Crippen LogP contribution in [0.5, 0.6) is 0 Å². The fourth-order valence-electron chi connectivity index (χ4n) is 3.63. The van der Waals surface area contributed by atoms with Crippen LogP contribution >= 0.6 is 0 Å². The maximum Gasteiger partial charge on any atom is 0.245 e. The van der Waals surface area contributed by atoms with E-state index in [1.807, 2.05) is 37.3 Å². The summed E-state index contributed by atoms with van der Waals surface area (Å²) in [4.78, 5) is 28.8. The number of piperazine rings is 1. The molecule has 1 atom stereocenters. The summed E-state index contributed by atoms with van der Waals surface area (Å²) in [6.45, 7) is 7.17. The predicted molar refractivity (Wildman–Crippen MR) is 103 cm³/mol. The third-order valence-corrected chi connectivity index (χ3v) is 4.93. The van der Waals surface area contributed by atoms with Crippen molar-refractivity contribution in [2.75, 3.05) is 13.1 Å². The molecule has 2 aromatic carbocycles. The van der Waals surface area contributed by atoms with Crippen LogP contribution < -0.4 is 0 Å². The van der Waals surface area contributed by atoms with Crippen LogP contribution in [0, 0.1) is 13.8 Å². The van der Waals surface area contributed by atoms with Crippen LogP contribution in [0.1, 0.15) is 29.2 Å². The van der Waals surface area contributed by atoms with Gasteiger partial charge in [-0.2, -0.15) is 0 Å². The third kappa shape index (κ3) is 4.13. The minimum absolute atomic E-state index is 0.0179. The van der Waals surface area contributed by atoms with E-state index in [1.54, 1.807) is 9.80 Å². The molecule has 4 heteroatoms. The number of carbonyl (C=O) groups is 2. The Kier molecular flexibility index (Phi) is 5.40. The highest BCUT2D eigenvalue weighted by Gasteiger charge is 2.36. The molecule has 0 unspecified atom stereocenters. The van der Waals surface area contributed by atoms with Gasteiger partial charge in [0.25, 0.3) is 0 Å². The second-order valence-electron chi connectivity index (χ2n) is 7.19. The lowest BCUT2D eigenvalue weighted by Crippen LogP contribution is -2.58. The number of aryl methyl sites for hydroxylation is 2. The van der Waals surface area contributed by atoms with Gasteiger partial charge in [0.2, 0.25) is 11.8 Å². The van der Waals surface area contributed by atoms with Crippen LogP contribution in [-0.2, 0) is 22.6 Å². The molecule has 0 saturated carbocycles. The molecule has 0 bridgehead atoms. The van der Waals surface area contributed by atoms with Gasteiger partial charge in [-0.15, -0.1) is 0 Å². The van der Waals surface area contributed by atoms with Crippen molar-refractivity contribution in [3.63, 3.8) is 0 Å². The zero-order valence-corrected chi connectivity index (χ0v) is 15.7. The molecule has 1 heterocycles. The molecule has 2 aromatic rings. The van der Waals surface area contributed by atoms with Crippen molar-refractivity contribution in [2.45, 2.75) is 39.8 Å². The Morgan fingerprint density at radius 2 is 1.62 bits per heavy atom. The lowest BCUT2D eigenvalue weighted by molar-refractivity contribution is -0.155. The van der Waals surface area contributed by atoms with E-state index in [0.717, 1.165) is 12.0 Å². The zero-order valence-electron chi connectivity index (χ0n) is 15.7.